The largest absolute Gasteiger partial charge is 0.493 e. The summed E-state index contributed by atoms with van der Waals surface area (Å²) in [5, 5.41) is 3.07. The summed E-state index contributed by atoms with van der Waals surface area (Å²) in [6.45, 7) is 5.47. The van der Waals surface area contributed by atoms with Gasteiger partial charge in [-0.1, -0.05) is 26.0 Å². The van der Waals surface area contributed by atoms with Crippen molar-refractivity contribution in [2.24, 2.45) is 0 Å². The number of methoxy groups -OCH3 is 3. The highest BCUT2D eigenvalue weighted by molar-refractivity contribution is 5.96. The third kappa shape index (κ3) is 5.15. The average Bonchev–Trinajstić information content (AvgIpc) is 2.83. The third-order valence-corrected chi connectivity index (χ3v) is 5.87. The van der Waals surface area contributed by atoms with E-state index in [9.17, 15) is 9.59 Å². The SMILES string of the molecule is COc1cc(C(=O)NC2CCN(C(=O)c3ccc(C(C)C)cc3)CC2)cc(OC)c1OC. The quantitative estimate of drug-likeness (QED) is 0.707. The van der Waals surface area contributed by atoms with Gasteiger partial charge in [-0.3, -0.25) is 9.59 Å². The molecule has 1 aliphatic heterocycles. The third-order valence-electron chi connectivity index (χ3n) is 5.87. The van der Waals surface area contributed by atoms with Crippen LogP contribution in [0.5, 0.6) is 17.2 Å². The van der Waals surface area contributed by atoms with E-state index in [0.29, 0.717) is 60.2 Å². The van der Waals surface area contributed by atoms with Crippen LogP contribution < -0.4 is 19.5 Å². The number of carbonyl (C=O) groups excluding carboxylic acids is 2. The van der Waals surface area contributed by atoms with Gasteiger partial charge < -0.3 is 24.4 Å². The van der Waals surface area contributed by atoms with E-state index in [4.69, 9.17) is 14.2 Å². The smallest absolute Gasteiger partial charge is 0.253 e. The van der Waals surface area contributed by atoms with Crippen LogP contribution in [0.15, 0.2) is 36.4 Å². The first kappa shape index (κ1) is 23.4. The molecule has 1 saturated heterocycles. The molecule has 0 radical (unpaired) electrons. The van der Waals surface area contributed by atoms with Crippen LogP contribution in [0, 0.1) is 0 Å². The molecule has 0 atom stereocenters. The molecule has 1 fully saturated rings. The van der Waals surface area contributed by atoms with Gasteiger partial charge in [-0.05, 0) is 48.6 Å². The number of amides is 2. The summed E-state index contributed by atoms with van der Waals surface area (Å²) < 4.78 is 16.0. The molecule has 2 aromatic carbocycles. The standard InChI is InChI=1S/C25H32N2O5/c1-16(2)17-6-8-18(9-7-17)25(29)27-12-10-20(11-13-27)26-24(28)19-14-21(30-3)23(32-5)22(15-19)31-4/h6-9,14-16,20H,10-13H2,1-5H3,(H,26,28). The molecule has 0 saturated carbocycles. The van der Waals surface area contributed by atoms with E-state index in [1.165, 1.54) is 26.9 Å². The van der Waals surface area contributed by atoms with Crippen molar-refractivity contribution in [1.29, 1.82) is 0 Å². The van der Waals surface area contributed by atoms with Crippen molar-refractivity contribution in [1.82, 2.24) is 10.2 Å². The van der Waals surface area contributed by atoms with Gasteiger partial charge in [-0.2, -0.15) is 0 Å². The maximum atomic E-state index is 12.8. The van der Waals surface area contributed by atoms with Crippen molar-refractivity contribution in [3.63, 3.8) is 0 Å². The molecular formula is C25H32N2O5. The summed E-state index contributed by atoms with van der Waals surface area (Å²) in [4.78, 5) is 27.5. The second kappa shape index (κ2) is 10.4. The Kier molecular flexibility index (Phi) is 7.62. The van der Waals surface area contributed by atoms with E-state index in [1.807, 2.05) is 29.2 Å². The van der Waals surface area contributed by atoms with Crippen LogP contribution in [0.25, 0.3) is 0 Å². The predicted octanol–water partition coefficient (Wildman–Crippen LogP) is 3.87. The lowest BCUT2D eigenvalue weighted by Gasteiger charge is -2.32. The molecule has 0 bridgehead atoms. The molecule has 32 heavy (non-hydrogen) atoms. The highest BCUT2D eigenvalue weighted by atomic mass is 16.5. The van der Waals surface area contributed by atoms with Crippen LogP contribution >= 0.6 is 0 Å². The van der Waals surface area contributed by atoms with Crippen molar-refractivity contribution in [2.45, 2.75) is 38.6 Å². The molecule has 0 unspecified atom stereocenters. The first-order valence-electron chi connectivity index (χ1n) is 10.9. The average molecular weight is 441 g/mol. The minimum absolute atomic E-state index is 0.00559. The van der Waals surface area contributed by atoms with Crippen LogP contribution in [0.1, 0.15) is 58.9 Å². The fourth-order valence-corrected chi connectivity index (χ4v) is 3.90. The van der Waals surface area contributed by atoms with Gasteiger partial charge in [-0.25, -0.2) is 0 Å². The normalized spacial score (nSPS) is 14.2. The second-order valence-corrected chi connectivity index (χ2v) is 8.23. The fourth-order valence-electron chi connectivity index (χ4n) is 3.90. The number of ether oxygens (including phenoxy) is 3. The molecule has 1 heterocycles. The number of piperidine rings is 1. The summed E-state index contributed by atoms with van der Waals surface area (Å²) in [5.41, 5.74) is 2.35. The van der Waals surface area contributed by atoms with E-state index in [0.717, 1.165) is 0 Å². The van der Waals surface area contributed by atoms with Crippen molar-refractivity contribution in [3.8, 4) is 17.2 Å². The number of hydrogen-bond donors (Lipinski definition) is 1. The van der Waals surface area contributed by atoms with E-state index in [-0.39, 0.29) is 17.9 Å². The Balaban J connectivity index is 1.60. The Morgan fingerprint density at radius 1 is 0.906 bits per heavy atom. The number of benzene rings is 2. The molecule has 0 aliphatic carbocycles. The minimum Gasteiger partial charge on any atom is -0.493 e. The number of rotatable bonds is 7. The van der Waals surface area contributed by atoms with Crippen LogP contribution in [0.4, 0.5) is 0 Å². The molecule has 1 aliphatic rings. The monoisotopic (exact) mass is 440 g/mol. The molecule has 172 valence electrons. The van der Waals surface area contributed by atoms with Gasteiger partial charge in [0.1, 0.15) is 0 Å². The summed E-state index contributed by atoms with van der Waals surface area (Å²) in [6.07, 6.45) is 1.40. The Labute approximate surface area is 189 Å². The van der Waals surface area contributed by atoms with Gasteiger partial charge in [0.15, 0.2) is 11.5 Å². The molecular weight excluding hydrogens is 408 g/mol. The topological polar surface area (TPSA) is 77.1 Å². The molecule has 3 rings (SSSR count). The van der Waals surface area contributed by atoms with Gasteiger partial charge >= 0.3 is 0 Å². The lowest BCUT2D eigenvalue weighted by Crippen LogP contribution is -2.46. The summed E-state index contributed by atoms with van der Waals surface area (Å²) in [7, 11) is 4.55. The zero-order valence-electron chi connectivity index (χ0n) is 19.4. The number of hydrogen-bond acceptors (Lipinski definition) is 5. The highest BCUT2D eigenvalue weighted by Crippen LogP contribution is 2.38. The van der Waals surface area contributed by atoms with Crippen LogP contribution in [-0.4, -0.2) is 57.2 Å². The van der Waals surface area contributed by atoms with Gasteiger partial charge in [-0.15, -0.1) is 0 Å². The Bertz CT molecular complexity index is 922. The first-order chi connectivity index (χ1) is 15.4. The number of nitrogens with one attached hydrogen (secondary N) is 1. The molecule has 0 aromatic heterocycles. The summed E-state index contributed by atoms with van der Waals surface area (Å²) >= 11 is 0. The number of nitrogens with zero attached hydrogens (tertiary/aromatic N) is 1. The lowest BCUT2D eigenvalue weighted by atomic mass is 10.00. The fraction of sp³-hybridized carbons (Fsp3) is 0.440. The van der Waals surface area contributed by atoms with Crippen molar-refractivity contribution < 1.29 is 23.8 Å². The molecule has 7 heteroatoms. The van der Waals surface area contributed by atoms with Crippen LogP contribution in [0.3, 0.4) is 0 Å². The Hall–Kier alpha value is -3.22. The molecule has 2 amide bonds. The van der Waals surface area contributed by atoms with Crippen molar-refractivity contribution >= 4 is 11.8 Å². The maximum absolute atomic E-state index is 12.8. The summed E-state index contributed by atoms with van der Waals surface area (Å²) in [6, 6.07) is 11.1. The van der Waals surface area contributed by atoms with E-state index < -0.39 is 0 Å². The van der Waals surface area contributed by atoms with E-state index >= 15 is 0 Å². The van der Waals surface area contributed by atoms with Gasteiger partial charge in [0.05, 0.1) is 21.3 Å². The minimum atomic E-state index is -0.210. The van der Waals surface area contributed by atoms with Gasteiger partial charge in [0.2, 0.25) is 5.75 Å². The number of likely N-dealkylation sites (tertiary alicyclic amines) is 1. The summed E-state index contributed by atoms with van der Waals surface area (Å²) in [5.74, 6) is 1.57. The number of carbonyl (C=O) groups is 2. The molecule has 7 nitrogen and oxygen atoms in total. The van der Waals surface area contributed by atoms with E-state index in [2.05, 4.69) is 19.2 Å². The lowest BCUT2D eigenvalue weighted by molar-refractivity contribution is 0.0698. The van der Waals surface area contributed by atoms with Crippen LogP contribution in [0.2, 0.25) is 0 Å². The van der Waals surface area contributed by atoms with Crippen molar-refractivity contribution in [3.05, 3.63) is 53.1 Å². The zero-order chi connectivity index (χ0) is 23.3. The first-order valence-corrected chi connectivity index (χ1v) is 10.9. The Morgan fingerprint density at radius 2 is 1.47 bits per heavy atom. The van der Waals surface area contributed by atoms with Gasteiger partial charge in [0, 0.05) is 30.3 Å². The van der Waals surface area contributed by atoms with Crippen LogP contribution in [-0.2, 0) is 0 Å². The highest BCUT2D eigenvalue weighted by Gasteiger charge is 2.26. The maximum Gasteiger partial charge on any atom is 0.253 e. The van der Waals surface area contributed by atoms with Gasteiger partial charge in [0.25, 0.3) is 11.8 Å². The Morgan fingerprint density at radius 3 is 1.94 bits per heavy atom. The predicted molar refractivity (Wildman–Crippen MR) is 123 cm³/mol. The van der Waals surface area contributed by atoms with E-state index in [1.54, 1.807) is 12.1 Å². The van der Waals surface area contributed by atoms with Crippen molar-refractivity contribution in [2.75, 3.05) is 34.4 Å². The second-order valence-electron chi connectivity index (χ2n) is 8.23. The molecule has 1 N–H and O–H groups in total. The molecule has 2 aromatic rings. The molecule has 0 spiro atoms. The zero-order valence-corrected chi connectivity index (χ0v) is 19.4.